The Bertz CT molecular complexity index is 598. The van der Waals surface area contributed by atoms with Gasteiger partial charge in [0.25, 0.3) is 18.0 Å². The molecule has 0 aromatic carbocycles. The van der Waals surface area contributed by atoms with Crippen LogP contribution in [-0.4, -0.2) is 43.7 Å². The molecule has 282 valence electrons. The van der Waals surface area contributed by atoms with Crippen molar-refractivity contribution in [1.82, 2.24) is 0 Å². The molecule has 0 unspecified atom stereocenters. The minimum atomic E-state index is -6.43. The van der Waals surface area contributed by atoms with Crippen molar-refractivity contribution < 1.29 is 96.6 Å². The molecule has 44 heavy (non-hydrogen) atoms. The molecule has 0 aliphatic heterocycles. The molecule has 0 amide bonds. The van der Waals surface area contributed by atoms with Crippen LogP contribution in [0, 0.1) is 0 Å². The summed E-state index contributed by atoms with van der Waals surface area (Å²) in [5, 5.41) is 0. The Labute approximate surface area is 243 Å². The second-order valence-electron chi connectivity index (χ2n) is 5.16. The second kappa shape index (κ2) is 35.2. The monoisotopic (exact) mass is 722 g/mol. The first kappa shape index (κ1) is 78.3. The highest BCUT2D eigenvalue weighted by Crippen LogP contribution is 2.51. The predicted octanol–water partition coefficient (Wildman–Crippen LogP) is 15.0. The third kappa shape index (κ3) is 59.2. The van der Waals surface area contributed by atoms with Gasteiger partial charge < -0.3 is 0 Å². The number of hydrogen-bond acceptors (Lipinski definition) is 0. The van der Waals surface area contributed by atoms with E-state index in [0.29, 0.717) is 0 Å². The van der Waals surface area contributed by atoms with Crippen molar-refractivity contribution in [3.05, 3.63) is 37.2 Å². The highest BCUT2D eigenvalue weighted by Gasteiger charge is 2.74. The smallest absolute Gasteiger partial charge is 0.251 e. The van der Waals surface area contributed by atoms with Crippen LogP contribution >= 0.6 is 0 Å². The second-order valence-corrected chi connectivity index (χ2v) is 5.16. The molecule has 0 aliphatic carbocycles. The SMILES string of the molecule is C.C.C.C.C.C.C=C(F)F.C=C(F)F.CC(F)(F)CC(F)(C(F)(F)F)C(F)(F)F.CCF.FC(F)=C(F)C(F)(F)F.FCF. The third-order valence-electron chi connectivity index (χ3n) is 1.87. The molecule has 0 atom stereocenters. The number of allylic oxidation sites excluding steroid dienone is 1. The van der Waals surface area contributed by atoms with Crippen LogP contribution in [0.3, 0.4) is 0 Å². The summed E-state index contributed by atoms with van der Waals surface area (Å²) in [5.74, 6) is -7.75. The molecular formula is C22H40F22. The lowest BCUT2D eigenvalue weighted by molar-refractivity contribution is -0.353. The molecule has 0 spiro atoms. The van der Waals surface area contributed by atoms with Gasteiger partial charge in [-0.25, -0.2) is 22.0 Å². The quantitative estimate of drug-likeness (QED) is 0.249. The maximum Gasteiger partial charge on any atom is 0.448 e. The van der Waals surface area contributed by atoms with E-state index in [1.165, 1.54) is 6.92 Å². The van der Waals surface area contributed by atoms with E-state index in [-0.39, 0.29) is 58.2 Å². The van der Waals surface area contributed by atoms with Gasteiger partial charge in [-0.05, 0) is 27.0 Å². The van der Waals surface area contributed by atoms with E-state index in [2.05, 4.69) is 13.2 Å². The molecule has 0 saturated carbocycles. The standard InChI is InChI=1S/C6H5F9.C3F6.2C2H2F2.C2H5F.CH2F2.6CH4/c1-3(7,8)2-4(9,5(10,11)12)6(13,14)15;4-1(2(5)6)3(7,8)9;2*1-2(3)4;1-2-3;2-1-3;;;;;;/h2H2,1H3;;2*1H2;2H2,1H3;1H2;6*1H4. The zero-order chi connectivity index (χ0) is 32.9. The fourth-order valence-electron chi connectivity index (χ4n) is 0.896. The third-order valence-corrected chi connectivity index (χ3v) is 1.87. The first-order valence-electron chi connectivity index (χ1n) is 8.01. The number of rotatable bonds is 2. The Balaban J connectivity index is -0.0000000307. The molecule has 22 heteroatoms. The summed E-state index contributed by atoms with van der Waals surface area (Å²) in [6, 6.07) is 0. The Hall–Kier alpha value is -2.32. The zero-order valence-corrected chi connectivity index (χ0v) is 18.4. The highest BCUT2D eigenvalue weighted by molar-refractivity contribution is 4.98. The van der Waals surface area contributed by atoms with Crippen LogP contribution in [0.1, 0.15) is 64.8 Å². The lowest BCUT2D eigenvalue weighted by Crippen LogP contribution is -2.55. The number of hydrogen-bond donors (Lipinski definition) is 0. The van der Waals surface area contributed by atoms with Gasteiger partial charge in [0.1, 0.15) is 0 Å². The van der Waals surface area contributed by atoms with Crippen molar-refractivity contribution in [3.8, 4) is 0 Å². The summed E-state index contributed by atoms with van der Waals surface area (Å²) in [4.78, 5) is 0. The van der Waals surface area contributed by atoms with Crippen molar-refractivity contribution in [2.24, 2.45) is 0 Å². The molecule has 0 radical (unpaired) electrons. The van der Waals surface area contributed by atoms with Gasteiger partial charge >= 0.3 is 30.3 Å². The van der Waals surface area contributed by atoms with Gasteiger partial charge in [-0.1, -0.05) is 44.6 Å². The number of alkyl halides is 15. The lowest BCUT2D eigenvalue weighted by Gasteiger charge is -2.31. The van der Waals surface area contributed by atoms with Gasteiger partial charge in [-0.3, -0.25) is 4.39 Å². The zero-order valence-electron chi connectivity index (χ0n) is 18.4. The molecule has 0 aliphatic rings. The van der Waals surface area contributed by atoms with Gasteiger partial charge in [0, 0.05) is 0 Å². The molecule has 0 aromatic rings. The van der Waals surface area contributed by atoms with Crippen LogP contribution in [0.15, 0.2) is 37.2 Å². The summed E-state index contributed by atoms with van der Waals surface area (Å²) in [6.07, 6.45) is -28.4. The molecule has 0 aromatic heterocycles. The Morgan fingerprint density at radius 1 is 0.523 bits per heavy atom. The minimum Gasteiger partial charge on any atom is -0.251 e. The molecule has 0 fully saturated rings. The average Bonchev–Trinajstić information content (AvgIpc) is 2.57. The molecule has 0 saturated heterocycles. The van der Waals surface area contributed by atoms with Crippen LogP contribution in [0.25, 0.3) is 0 Å². The van der Waals surface area contributed by atoms with Gasteiger partial charge in [-0.15, -0.1) is 0 Å². The van der Waals surface area contributed by atoms with Gasteiger partial charge in [0.15, 0.2) is 0 Å². The number of halogens is 22. The highest BCUT2D eigenvalue weighted by atomic mass is 19.4. The fourth-order valence-corrected chi connectivity index (χ4v) is 0.896. The molecule has 0 N–H and O–H groups in total. The summed E-state index contributed by atoms with van der Waals surface area (Å²) < 4.78 is 242. The van der Waals surface area contributed by atoms with Crippen molar-refractivity contribution in [1.29, 1.82) is 0 Å². The first-order chi connectivity index (χ1) is 16.4. The molecule has 0 heterocycles. The topological polar surface area (TPSA) is 0 Å². The summed E-state index contributed by atoms with van der Waals surface area (Å²) >= 11 is 0. The van der Waals surface area contributed by atoms with Crippen LogP contribution in [0.4, 0.5) is 96.6 Å². The summed E-state index contributed by atoms with van der Waals surface area (Å²) in [7, 11) is 0. The van der Waals surface area contributed by atoms with E-state index in [1.807, 2.05) is 0 Å². The van der Waals surface area contributed by atoms with Gasteiger partial charge in [-0.2, -0.15) is 70.2 Å². The van der Waals surface area contributed by atoms with Crippen LogP contribution in [0.5, 0.6) is 0 Å². The Morgan fingerprint density at radius 3 is 0.705 bits per heavy atom. The van der Waals surface area contributed by atoms with E-state index in [4.69, 9.17) is 0 Å². The Kier molecular flexibility index (Phi) is 62.6. The van der Waals surface area contributed by atoms with Crippen molar-refractivity contribution in [2.75, 3.05) is 13.6 Å². The average molecular weight is 723 g/mol. The predicted molar refractivity (Wildman–Crippen MR) is 129 cm³/mol. The summed E-state index contributed by atoms with van der Waals surface area (Å²) in [6.45, 7) is 3.68. The van der Waals surface area contributed by atoms with E-state index in [0.717, 1.165) is 0 Å². The molecule has 0 nitrogen and oxygen atoms in total. The van der Waals surface area contributed by atoms with Crippen molar-refractivity contribution in [2.45, 2.75) is 94.9 Å². The van der Waals surface area contributed by atoms with E-state index in [1.54, 1.807) is 0 Å². The van der Waals surface area contributed by atoms with Gasteiger partial charge in [0.2, 0.25) is 12.9 Å². The first-order valence-corrected chi connectivity index (χ1v) is 8.01. The van der Waals surface area contributed by atoms with E-state index >= 15 is 0 Å². The van der Waals surface area contributed by atoms with E-state index < -0.39 is 67.5 Å². The molecule has 0 rings (SSSR count). The fraction of sp³-hybridized carbons (Fsp3) is 0.727. The van der Waals surface area contributed by atoms with E-state index in [9.17, 15) is 96.6 Å². The largest absolute Gasteiger partial charge is 0.448 e. The Morgan fingerprint density at radius 2 is 0.682 bits per heavy atom. The maximum absolute atomic E-state index is 12.6. The molecular weight excluding hydrogens is 682 g/mol. The minimum absolute atomic E-state index is 0. The summed E-state index contributed by atoms with van der Waals surface area (Å²) in [5.41, 5.74) is -5.89. The normalized spacial score (nSPS) is 9.64. The van der Waals surface area contributed by atoms with Crippen LogP contribution in [-0.2, 0) is 0 Å². The molecule has 0 bridgehead atoms. The van der Waals surface area contributed by atoms with Crippen LogP contribution in [0.2, 0.25) is 0 Å². The van der Waals surface area contributed by atoms with Crippen LogP contribution < -0.4 is 0 Å². The van der Waals surface area contributed by atoms with Crippen molar-refractivity contribution >= 4 is 0 Å². The van der Waals surface area contributed by atoms with Gasteiger partial charge in [0.05, 0.1) is 13.1 Å². The van der Waals surface area contributed by atoms with Crippen molar-refractivity contribution in [3.63, 3.8) is 0 Å². The maximum atomic E-state index is 12.6. The lowest BCUT2D eigenvalue weighted by atomic mass is 9.97.